The van der Waals surface area contributed by atoms with Crippen molar-refractivity contribution in [2.24, 2.45) is 0 Å². The molecule has 2 aliphatic rings. The molecule has 1 aromatic rings. The number of hydrogen-bond donors (Lipinski definition) is 1. The molecule has 92 valence electrons. The molecule has 0 unspecified atom stereocenters. The molecule has 0 saturated carbocycles. The Morgan fingerprint density at radius 2 is 2.06 bits per heavy atom. The molecule has 1 aromatic heterocycles. The van der Waals surface area contributed by atoms with Crippen LogP contribution in [0, 0.1) is 0 Å². The van der Waals surface area contributed by atoms with Crippen molar-refractivity contribution in [3.8, 4) is 0 Å². The largest absolute Gasteiger partial charge is 0.356 e. The van der Waals surface area contributed by atoms with Crippen LogP contribution in [0.25, 0.3) is 0 Å². The lowest BCUT2D eigenvalue weighted by atomic mass is 10.1. The molecular weight excluding hydrogens is 212 g/mol. The maximum absolute atomic E-state index is 4.76. The highest BCUT2D eigenvalue weighted by Crippen LogP contribution is 2.26. The van der Waals surface area contributed by atoms with Gasteiger partial charge in [0.05, 0.1) is 5.69 Å². The van der Waals surface area contributed by atoms with E-state index < -0.39 is 0 Å². The highest BCUT2D eigenvalue weighted by atomic mass is 15.2. The fraction of sp³-hybridized carbons (Fsp3) is 0.692. The molecule has 4 heteroatoms. The second-order valence-corrected chi connectivity index (χ2v) is 4.86. The van der Waals surface area contributed by atoms with Crippen LogP contribution in [-0.4, -0.2) is 29.6 Å². The maximum atomic E-state index is 4.76. The van der Waals surface area contributed by atoms with E-state index in [1.54, 1.807) is 0 Å². The molecule has 1 N–H and O–H groups in total. The summed E-state index contributed by atoms with van der Waals surface area (Å²) in [5.74, 6) is 2.21. The summed E-state index contributed by atoms with van der Waals surface area (Å²) in [6, 6.07) is 0. The topological polar surface area (TPSA) is 41.1 Å². The van der Waals surface area contributed by atoms with Gasteiger partial charge in [-0.25, -0.2) is 9.97 Å². The van der Waals surface area contributed by atoms with Crippen LogP contribution in [-0.2, 0) is 19.4 Å². The first kappa shape index (κ1) is 11.0. The second kappa shape index (κ2) is 4.61. The van der Waals surface area contributed by atoms with E-state index in [9.17, 15) is 0 Å². The molecular formula is C13H20N4. The number of nitrogens with zero attached hydrogens (tertiary/aromatic N) is 3. The van der Waals surface area contributed by atoms with E-state index in [4.69, 9.17) is 4.98 Å². The van der Waals surface area contributed by atoms with Crippen molar-refractivity contribution in [1.29, 1.82) is 0 Å². The van der Waals surface area contributed by atoms with Crippen molar-refractivity contribution in [2.75, 3.05) is 24.5 Å². The number of rotatable bonds is 2. The summed E-state index contributed by atoms with van der Waals surface area (Å²) in [4.78, 5) is 11.9. The predicted octanol–water partition coefficient (Wildman–Crippen LogP) is 1.28. The first-order valence-corrected chi connectivity index (χ1v) is 6.73. The maximum Gasteiger partial charge on any atom is 0.137 e. The van der Waals surface area contributed by atoms with Crippen LogP contribution in [0.3, 0.4) is 0 Å². The van der Waals surface area contributed by atoms with E-state index >= 15 is 0 Å². The van der Waals surface area contributed by atoms with Gasteiger partial charge in [0.2, 0.25) is 0 Å². The molecule has 0 atom stereocenters. The number of nitrogens with one attached hydrogen (secondary N) is 1. The summed E-state index contributed by atoms with van der Waals surface area (Å²) < 4.78 is 0. The van der Waals surface area contributed by atoms with E-state index in [0.29, 0.717) is 0 Å². The number of aromatic nitrogens is 2. The highest BCUT2D eigenvalue weighted by molar-refractivity contribution is 5.50. The van der Waals surface area contributed by atoms with Gasteiger partial charge in [-0.3, -0.25) is 0 Å². The summed E-state index contributed by atoms with van der Waals surface area (Å²) in [7, 11) is 0. The standard InChI is InChI=1S/C13H20N4/c1-2-12-15-11-5-6-14-9-10(11)13(16-12)17-7-3-4-8-17/h14H,2-9H2,1H3. The van der Waals surface area contributed by atoms with Crippen LogP contribution in [0.1, 0.15) is 36.8 Å². The van der Waals surface area contributed by atoms with Crippen LogP contribution < -0.4 is 10.2 Å². The Labute approximate surface area is 102 Å². The van der Waals surface area contributed by atoms with Crippen molar-refractivity contribution >= 4 is 5.82 Å². The fourth-order valence-corrected chi connectivity index (χ4v) is 2.72. The lowest BCUT2D eigenvalue weighted by molar-refractivity contribution is 0.617. The normalized spacial score (nSPS) is 19.5. The smallest absolute Gasteiger partial charge is 0.137 e. The molecule has 0 bridgehead atoms. The Kier molecular flexibility index (Phi) is 2.97. The molecule has 0 radical (unpaired) electrons. The van der Waals surface area contributed by atoms with Gasteiger partial charge in [0.1, 0.15) is 11.6 Å². The van der Waals surface area contributed by atoms with Crippen LogP contribution in [0.15, 0.2) is 0 Å². The minimum Gasteiger partial charge on any atom is -0.356 e. The van der Waals surface area contributed by atoms with Gasteiger partial charge in [-0.05, 0) is 12.8 Å². The van der Waals surface area contributed by atoms with Gasteiger partial charge in [-0.2, -0.15) is 0 Å². The molecule has 4 nitrogen and oxygen atoms in total. The van der Waals surface area contributed by atoms with Gasteiger partial charge in [0.25, 0.3) is 0 Å². The number of hydrogen-bond acceptors (Lipinski definition) is 4. The molecule has 1 fully saturated rings. The summed E-state index contributed by atoms with van der Waals surface area (Å²) in [6.07, 6.45) is 4.58. The molecule has 1 saturated heterocycles. The summed E-state index contributed by atoms with van der Waals surface area (Å²) in [5, 5.41) is 3.44. The Bertz CT molecular complexity index is 410. The van der Waals surface area contributed by atoms with Gasteiger partial charge >= 0.3 is 0 Å². The van der Waals surface area contributed by atoms with E-state index in [-0.39, 0.29) is 0 Å². The Morgan fingerprint density at radius 3 is 2.82 bits per heavy atom. The lowest BCUT2D eigenvalue weighted by Gasteiger charge is -2.25. The van der Waals surface area contributed by atoms with Gasteiger partial charge in [0.15, 0.2) is 0 Å². The monoisotopic (exact) mass is 232 g/mol. The Hall–Kier alpha value is -1.16. The number of aryl methyl sites for hydroxylation is 1. The van der Waals surface area contributed by atoms with Crippen LogP contribution in [0.2, 0.25) is 0 Å². The van der Waals surface area contributed by atoms with Gasteiger partial charge < -0.3 is 10.2 Å². The van der Waals surface area contributed by atoms with Crippen LogP contribution >= 0.6 is 0 Å². The molecule has 3 rings (SSSR count). The van der Waals surface area contributed by atoms with Gasteiger partial charge in [0, 0.05) is 44.6 Å². The molecule has 0 aromatic carbocycles. The first-order valence-electron chi connectivity index (χ1n) is 6.73. The van der Waals surface area contributed by atoms with E-state index in [1.165, 1.54) is 29.9 Å². The average molecular weight is 232 g/mol. The minimum atomic E-state index is 0.932. The zero-order valence-electron chi connectivity index (χ0n) is 10.5. The summed E-state index contributed by atoms with van der Waals surface area (Å²) in [5.41, 5.74) is 2.62. The van der Waals surface area contributed by atoms with Crippen LogP contribution in [0.4, 0.5) is 5.82 Å². The predicted molar refractivity (Wildman–Crippen MR) is 68.3 cm³/mol. The van der Waals surface area contributed by atoms with Crippen molar-refractivity contribution in [1.82, 2.24) is 15.3 Å². The lowest BCUT2D eigenvalue weighted by Crippen LogP contribution is -2.30. The molecule has 3 heterocycles. The van der Waals surface area contributed by atoms with Gasteiger partial charge in [-0.15, -0.1) is 0 Å². The molecule has 0 amide bonds. The first-order chi connectivity index (χ1) is 8.38. The van der Waals surface area contributed by atoms with E-state index in [0.717, 1.165) is 44.8 Å². The molecule has 0 aliphatic carbocycles. The molecule has 0 spiro atoms. The third-order valence-electron chi connectivity index (χ3n) is 3.68. The summed E-state index contributed by atoms with van der Waals surface area (Å²) >= 11 is 0. The molecule has 17 heavy (non-hydrogen) atoms. The van der Waals surface area contributed by atoms with Crippen molar-refractivity contribution < 1.29 is 0 Å². The Balaban J connectivity index is 2.04. The SMILES string of the molecule is CCc1nc2c(c(N3CCCC3)n1)CNCC2. The number of fused-ring (bicyclic) bond motifs is 1. The average Bonchev–Trinajstić information content (AvgIpc) is 2.91. The second-order valence-electron chi connectivity index (χ2n) is 4.86. The van der Waals surface area contributed by atoms with Crippen molar-refractivity contribution in [3.63, 3.8) is 0 Å². The highest BCUT2D eigenvalue weighted by Gasteiger charge is 2.22. The molecule has 2 aliphatic heterocycles. The fourth-order valence-electron chi connectivity index (χ4n) is 2.72. The van der Waals surface area contributed by atoms with E-state index in [1.807, 2.05) is 0 Å². The third-order valence-corrected chi connectivity index (χ3v) is 3.68. The minimum absolute atomic E-state index is 0.932. The zero-order chi connectivity index (χ0) is 11.7. The summed E-state index contributed by atoms with van der Waals surface area (Å²) in [6.45, 7) is 6.44. The van der Waals surface area contributed by atoms with E-state index in [2.05, 4.69) is 22.1 Å². The quantitative estimate of drug-likeness (QED) is 0.834. The zero-order valence-corrected chi connectivity index (χ0v) is 10.5. The van der Waals surface area contributed by atoms with Crippen LogP contribution in [0.5, 0.6) is 0 Å². The van der Waals surface area contributed by atoms with Crippen molar-refractivity contribution in [3.05, 3.63) is 17.1 Å². The third kappa shape index (κ3) is 2.02. The Morgan fingerprint density at radius 1 is 1.24 bits per heavy atom. The number of anilines is 1. The van der Waals surface area contributed by atoms with Crippen molar-refractivity contribution in [2.45, 2.75) is 39.2 Å². The van der Waals surface area contributed by atoms with Gasteiger partial charge in [-0.1, -0.05) is 6.92 Å².